The number of nitrogens with zero attached hydrogens (tertiary/aromatic N) is 2. The summed E-state index contributed by atoms with van der Waals surface area (Å²) in [7, 11) is 0. The predicted molar refractivity (Wildman–Crippen MR) is 75.3 cm³/mol. The van der Waals surface area contributed by atoms with Crippen LogP contribution in [-0.4, -0.2) is 36.6 Å². The van der Waals surface area contributed by atoms with Gasteiger partial charge in [-0.1, -0.05) is 0 Å². The van der Waals surface area contributed by atoms with E-state index in [2.05, 4.69) is 20.5 Å². The molecule has 1 amide bonds. The van der Waals surface area contributed by atoms with Crippen LogP contribution in [0.25, 0.3) is 0 Å². The van der Waals surface area contributed by atoms with Gasteiger partial charge in [-0.2, -0.15) is 0 Å². The lowest BCUT2D eigenvalue weighted by Crippen LogP contribution is -2.36. The number of hydrogen-bond acceptors (Lipinski definition) is 4. The van der Waals surface area contributed by atoms with E-state index in [-0.39, 0.29) is 11.9 Å². The largest absolute Gasteiger partial charge is 0.355 e. The molecule has 0 aliphatic carbocycles. The Bertz CT molecular complexity index is 451. The molecule has 1 unspecified atom stereocenters. The van der Waals surface area contributed by atoms with Crippen LogP contribution in [0.5, 0.6) is 0 Å². The number of carbonyl (C=O) groups excluding carboxylic acids is 1. The Kier molecular flexibility index (Phi) is 3.64. The third-order valence-electron chi connectivity index (χ3n) is 3.83. The monoisotopic (exact) mass is 260 g/mol. The Morgan fingerprint density at radius 3 is 2.95 bits per heavy atom. The minimum Gasteiger partial charge on any atom is -0.355 e. The second kappa shape index (κ2) is 5.57. The zero-order chi connectivity index (χ0) is 13.1. The van der Waals surface area contributed by atoms with Gasteiger partial charge in [-0.05, 0) is 44.4 Å². The number of nitrogens with one attached hydrogen (secondary N) is 2. The summed E-state index contributed by atoms with van der Waals surface area (Å²) in [6.07, 6.45) is 6.19. The van der Waals surface area contributed by atoms with Gasteiger partial charge in [0, 0.05) is 19.3 Å². The van der Waals surface area contributed by atoms with Gasteiger partial charge in [0.1, 0.15) is 0 Å². The van der Waals surface area contributed by atoms with E-state index in [1.54, 1.807) is 6.20 Å². The summed E-state index contributed by atoms with van der Waals surface area (Å²) >= 11 is 0. The maximum Gasteiger partial charge on any atom is 0.241 e. The molecule has 19 heavy (non-hydrogen) atoms. The van der Waals surface area contributed by atoms with E-state index in [0.29, 0.717) is 0 Å². The van der Waals surface area contributed by atoms with Crippen molar-refractivity contribution in [2.24, 2.45) is 0 Å². The molecule has 2 fully saturated rings. The molecule has 0 aromatic carbocycles. The van der Waals surface area contributed by atoms with Crippen molar-refractivity contribution >= 4 is 17.4 Å². The van der Waals surface area contributed by atoms with Crippen molar-refractivity contribution in [2.75, 3.05) is 29.9 Å². The second-order valence-electron chi connectivity index (χ2n) is 5.21. The zero-order valence-electron chi connectivity index (χ0n) is 11.1. The molecule has 2 N–H and O–H groups in total. The van der Waals surface area contributed by atoms with Crippen LogP contribution in [0.4, 0.5) is 11.5 Å². The van der Waals surface area contributed by atoms with Crippen LogP contribution in [0, 0.1) is 0 Å². The summed E-state index contributed by atoms with van der Waals surface area (Å²) in [5.74, 6) is 0.970. The lowest BCUT2D eigenvalue weighted by molar-refractivity contribution is -0.117. The number of rotatable bonds is 3. The van der Waals surface area contributed by atoms with Crippen molar-refractivity contribution in [1.29, 1.82) is 0 Å². The van der Waals surface area contributed by atoms with Crippen molar-refractivity contribution < 1.29 is 4.79 Å². The summed E-state index contributed by atoms with van der Waals surface area (Å²) in [6.45, 7) is 2.99. The van der Waals surface area contributed by atoms with E-state index < -0.39 is 0 Å². The summed E-state index contributed by atoms with van der Waals surface area (Å²) in [5.41, 5.74) is 0.836. The third kappa shape index (κ3) is 2.71. The van der Waals surface area contributed by atoms with Gasteiger partial charge < -0.3 is 15.5 Å². The van der Waals surface area contributed by atoms with Gasteiger partial charge in [-0.3, -0.25) is 4.79 Å². The predicted octanol–water partition coefficient (Wildman–Crippen LogP) is 1.37. The molecule has 1 aromatic rings. The quantitative estimate of drug-likeness (QED) is 0.862. The van der Waals surface area contributed by atoms with E-state index in [9.17, 15) is 4.79 Å². The van der Waals surface area contributed by atoms with Crippen molar-refractivity contribution in [3.63, 3.8) is 0 Å². The van der Waals surface area contributed by atoms with Gasteiger partial charge in [0.2, 0.25) is 5.91 Å². The van der Waals surface area contributed by atoms with E-state index >= 15 is 0 Å². The standard InChI is InChI=1S/C14H20N4O/c19-14(12-6-4-7-15-12)17-11-5-3-8-16-13(11)18-9-1-2-10-18/h3,5,8,12,15H,1-2,4,6-7,9-10H2,(H,17,19). The molecule has 0 spiro atoms. The second-order valence-corrected chi connectivity index (χ2v) is 5.21. The number of amides is 1. The number of carbonyl (C=O) groups is 1. The maximum atomic E-state index is 12.2. The summed E-state index contributed by atoms with van der Waals surface area (Å²) in [6, 6.07) is 3.76. The van der Waals surface area contributed by atoms with Gasteiger partial charge in [0.05, 0.1) is 11.7 Å². The fraction of sp³-hybridized carbons (Fsp3) is 0.571. The topological polar surface area (TPSA) is 57.3 Å². The van der Waals surface area contributed by atoms with Crippen molar-refractivity contribution in [3.05, 3.63) is 18.3 Å². The molecule has 0 radical (unpaired) electrons. The highest BCUT2D eigenvalue weighted by Crippen LogP contribution is 2.26. The van der Waals surface area contributed by atoms with Crippen LogP contribution in [0.1, 0.15) is 25.7 Å². The van der Waals surface area contributed by atoms with Crippen molar-refractivity contribution in [1.82, 2.24) is 10.3 Å². The molecular weight excluding hydrogens is 240 g/mol. The molecule has 0 bridgehead atoms. The van der Waals surface area contributed by atoms with Gasteiger partial charge in [0.15, 0.2) is 5.82 Å². The Morgan fingerprint density at radius 1 is 1.37 bits per heavy atom. The van der Waals surface area contributed by atoms with Gasteiger partial charge in [-0.15, -0.1) is 0 Å². The lowest BCUT2D eigenvalue weighted by atomic mass is 10.2. The highest BCUT2D eigenvalue weighted by atomic mass is 16.2. The number of aromatic nitrogens is 1. The van der Waals surface area contributed by atoms with E-state index in [4.69, 9.17) is 0 Å². The normalized spacial score (nSPS) is 22.7. The zero-order valence-corrected chi connectivity index (χ0v) is 11.1. The number of anilines is 2. The lowest BCUT2D eigenvalue weighted by Gasteiger charge is -2.20. The molecule has 2 aliphatic heterocycles. The first-order chi connectivity index (χ1) is 9.34. The minimum atomic E-state index is -0.0494. The number of pyridine rings is 1. The molecule has 102 valence electrons. The molecule has 3 rings (SSSR count). The molecule has 2 aliphatic rings. The Morgan fingerprint density at radius 2 is 2.21 bits per heavy atom. The first-order valence-electron chi connectivity index (χ1n) is 7.09. The SMILES string of the molecule is O=C(Nc1cccnc1N1CCCC1)C1CCCN1. The van der Waals surface area contributed by atoms with Crippen LogP contribution in [0.3, 0.4) is 0 Å². The smallest absolute Gasteiger partial charge is 0.241 e. The molecule has 1 atom stereocenters. The Labute approximate surface area is 113 Å². The highest BCUT2D eigenvalue weighted by Gasteiger charge is 2.24. The average Bonchev–Trinajstić information content (AvgIpc) is 3.13. The van der Waals surface area contributed by atoms with E-state index in [0.717, 1.165) is 44.0 Å². The first-order valence-corrected chi connectivity index (χ1v) is 7.09. The van der Waals surface area contributed by atoms with E-state index in [1.807, 2.05) is 12.1 Å². The fourth-order valence-electron chi connectivity index (χ4n) is 2.80. The van der Waals surface area contributed by atoms with Gasteiger partial charge in [0.25, 0.3) is 0 Å². The molecule has 3 heterocycles. The van der Waals surface area contributed by atoms with Crippen LogP contribution < -0.4 is 15.5 Å². The summed E-state index contributed by atoms with van der Waals surface area (Å²) in [4.78, 5) is 18.8. The van der Waals surface area contributed by atoms with Crippen LogP contribution in [0.15, 0.2) is 18.3 Å². The van der Waals surface area contributed by atoms with Crippen molar-refractivity contribution in [2.45, 2.75) is 31.7 Å². The molecule has 5 nitrogen and oxygen atoms in total. The molecule has 0 saturated carbocycles. The molecule has 2 saturated heterocycles. The van der Waals surface area contributed by atoms with E-state index in [1.165, 1.54) is 12.8 Å². The van der Waals surface area contributed by atoms with Crippen LogP contribution >= 0.6 is 0 Å². The molecule has 5 heteroatoms. The number of hydrogen-bond donors (Lipinski definition) is 2. The molecular formula is C14H20N4O. The first kappa shape index (κ1) is 12.4. The van der Waals surface area contributed by atoms with Gasteiger partial charge in [-0.25, -0.2) is 4.98 Å². The summed E-state index contributed by atoms with van der Waals surface area (Å²) < 4.78 is 0. The van der Waals surface area contributed by atoms with Gasteiger partial charge >= 0.3 is 0 Å². The van der Waals surface area contributed by atoms with Crippen LogP contribution in [-0.2, 0) is 4.79 Å². The average molecular weight is 260 g/mol. The highest BCUT2D eigenvalue weighted by molar-refractivity contribution is 5.97. The Hall–Kier alpha value is -1.62. The minimum absolute atomic E-state index is 0.0494. The third-order valence-corrected chi connectivity index (χ3v) is 3.83. The van der Waals surface area contributed by atoms with Crippen LogP contribution in [0.2, 0.25) is 0 Å². The molecule has 1 aromatic heterocycles. The summed E-state index contributed by atoms with van der Waals surface area (Å²) in [5, 5.41) is 6.24. The Balaban J connectivity index is 1.74. The fourth-order valence-corrected chi connectivity index (χ4v) is 2.80. The van der Waals surface area contributed by atoms with Crippen molar-refractivity contribution in [3.8, 4) is 0 Å². The maximum absolute atomic E-state index is 12.2.